The maximum absolute atomic E-state index is 13.9. The van der Waals surface area contributed by atoms with Crippen molar-refractivity contribution in [1.82, 2.24) is 9.21 Å². The average Bonchev–Trinajstić information content (AvgIpc) is 3.69. The highest BCUT2D eigenvalue weighted by atomic mass is 32.2. The standard InChI is InChI=1S/C33H49N2O12PS/c1-6-46-48(39,47-7-2)22-45-26-10-8-24(9-11-26)18-29(35(33(37)38)30-21-44-32-28(30)16-17-43-32)31(36)20-34(19-23(3)4)49(40,41)27-14-12-25(42-5)13-15-27/h8-15,23,28-32,36H,6-7,16-22H2,1-5H3,(H,37,38). The lowest BCUT2D eigenvalue weighted by atomic mass is 9.93. The Balaban J connectivity index is 1.63. The SMILES string of the molecule is CCOP(=O)(COc1ccc(CC(C(O)CN(CC(C)C)S(=O)(=O)c2ccc(OC)cc2)N(C(=O)O)C2COC3OCCC32)cc1)OCC. The number of ether oxygens (including phenoxy) is 4. The fraction of sp³-hybridized carbons (Fsp3) is 0.606. The molecule has 16 heteroatoms. The molecule has 2 aliphatic heterocycles. The molecule has 2 aliphatic rings. The van der Waals surface area contributed by atoms with Crippen LogP contribution in [0.3, 0.4) is 0 Å². The van der Waals surface area contributed by atoms with Crippen LogP contribution in [0, 0.1) is 11.8 Å². The first-order chi connectivity index (χ1) is 23.3. The molecule has 0 aliphatic carbocycles. The lowest BCUT2D eigenvalue weighted by Crippen LogP contribution is -2.57. The van der Waals surface area contributed by atoms with Gasteiger partial charge >= 0.3 is 13.7 Å². The molecule has 0 radical (unpaired) electrons. The van der Waals surface area contributed by atoms with Crippen molar-refractivity contribution in [1.29, 1.82) is 0 Å². The third kappa shape index (κ3) is 9.95. The van der Waals surface area contributed by atoms with E-state index in [1.807, 2.05) is 13.8 Å². The molecule has 5 atom stereocenters. The molecule has 4 rings (SSSR count). The first-order valence-corrected chi connectivity index (χ1v) is 19.6. The van der Waals surface area contributed by atoms with Gasteiger partial charge in [0.2, 0.25) is 10.0 Å². The minimum atomic E-state index is -4.09. The van der Waals surface area contributed by atoms with E-state index in [0.717, 1.165) is 0 Å². The van der Waals surface area contributed by atoms with Gasteiger partial charge in [-0.1, -0.05) is 26.0 Å². The monoisotopic (exact) mass is 728 g/mol. The number of nitrogens with zero attached hydrogens (tertiary/aromatic N) is 2. The number of aliphatic hydroxyl groups is 1. The number of methoxy groups -OCH3 is 1. The van der Waals surface area contributed by atoms with E-state index in [1.165, 1.54) is 28.4 Å². The second kappa shape index (κ2) is 17.5. The van der Waals surface area contributed by atoms with E-state index in [9.17, 15) is 28.0 Å². The van der Waals surface area contributed by atoms with Crippen LogP contribution in [-0.4, -0.2) is 111 Å². The Hall–Kier alpha value is -2.75. The maximum atomic E-state index is 13.9. The largest absolute Gasteiger partial charge is 0.497 e. The van der Waals surface area contributed by atoms with Crippen LogP contribution in [-0.2, 0) is 39.5 Å². The summed E-state index contributed by atoms with van der Waals surface area (Å²) in [5.74, 6) is 0.554. The number of hydrogen-bond acceptors (Lipinski definition) is 11. The normalized spacial score (nSPS) is 20.7. The van der Waals surface area contributed by atoms with E-state index in [0.29, 0.717) is 30.1 Å². The van der Waals surface area contributed by atoms with Crippen LogP contribution in [0.1, 0.15) is 39.7 Å². The number of benzene rings is 2. The second-order valence-electron chi connectivity index (χ2n) is 12.4. The Morgan fingerprint density at radius 2 is 1.63 bits per heavy atom. The Morgan fingerprint density at radius 1 is 1.00 bits per heavy atom. The Kier molecular flexibility index (Phi) is 13.9. The van der Waals surface area contributed by atoms with Gasteiger partial charge in [-0.05, 0) is 74.6 Å². The van der Waals surface area contributed by atoms with Gasteiger partial charge in [-0.15, -0.1) is 0 Å². The zero-order valence-corrected chi connectivity index (χ0v) is 30.4. The van der Waals surface area contributed by atoms with Gasteiger partial charge in [0.05, 0.1) is 56.6 Å². The quantitative estimate of drug-likeness (QED) is 0.192. The summed E-state index contributed by atoms with van der Waals surface area (Å²) in [7, 11) is -6.05. The third-order valence-electron chi connectivity index (χ3n) is 8.45. The van der Waals surface area contributed by atoms with Crippen LogP contribution < -0.4 is 9.47 Å². The number of fused-ring (bicyclic) bond motifs is 1. The summed E-state index contributed by atoms with van der Waals surface area (Å²) in [5.41, 5.74) is 0.659. The Labute approximate surface area is 288 Å². The van der Waals surface area contributed by atoms with E-state index in [2.05, 4.69) is 0 Å². The van der Waals surface area contributed by atoms with Gasteiger partial charge in [0.15, 0.2) is 12.6 Å². The molecule has 5 unspecified atom stereocenters. The molecule has 49 heavy (non-hydrogen) atoms. The van der Waals surface area contributed by atoms with Crippen molar-refractivity contribution >= 4 is 23.7 Å². The first-order valence-electron chi connectivity index (χ1n) is 16.5. The lowest BCUT2D eigenvalue weighted by molar-refractivity contribution is -0.0906. The zero-order valence-electron chi connectivity index (χ0n) is 28.7. The van der Waals surface area contributed by atoms with E-state index in [4.69, 9.17) is 28.0 Å². The molecule has 2 heterocycles. The summed E-state index contributed by atoms with van der Waals surface area (Å²) in [5, 5.41) is 22.5. The van der Waals surface area contributed by atoms with Gasteiger partial charge < -0.3 is 38.2 Å². The molecule has 2 fully saturated rings. The van der Waals surface area contributed by atoms with Gasteiger partial charge in [-0.25, -0.2) is 13.2 Å². The van der Waals surface area contributed by atoms with E-state index in [-0.39, 0.29) is 62.4 Å². The van der Waals surface area contributed by atoms with Crippen molar-refractivity contribution in [2.24, 2.45) is 11.8 Å². The van der Waals surface area contributed by atoms with Gasteiger partial charge in [0.1, 0.15) is 11.5 Å². The highest BCUT2D eigenvalue weighted by molar-refractivity contribution is 7.89. The molecule has 2 saturated heterocycles. The number of hydrogen-bond donors (Lipinski definition) is 2. The molecule has 0 bridgehead atoms. The molecule has 0 saturated carbocycles. The van der Waals surface area contributed by atoms with Crippen molar-refractivity contribution in [3.05, 3.63) is 54.1 Å². The zero-order chi connectivity index (χ0) is 35.8. The van der Waals surface area contributed by atoms with Crippen molar-refractivity contribution in [3.63, 3.8) is 0 Å². The molecule has 2 aromatic rings. The number of aliphatic hydroxyl groups excluding tert-OH is 1. The molecular weight excluding hydrogens is 679 g/mol. The van der Waals surface area contributed by atoms with Gasteiger partial charge in [0.25, 0.3) is 0 Å². The van der Waals surface area contributed by atoms with Crippen LogP contribution in [0.15, 0.2) is 53.4 Å². The molecule has 2 aromatic carbocycles. The summed E-state index contributed by atoms with van der Waals surface area (Å²) < 4.78 is 74.7. The highest BCUT2D eigenvalue weighted by Gasteiger charge is 2.49. The smallest absolute Gasteiger partial charge is 0.407 e. The van der Waals surface area contributed by atoms with Gasteiger partial charge in [-0.3, -0.25) is 9.46 Å². The average molecular weight is 729 g/mol. The van der Waals surface area contributed by atoms with Crippen LogP contribution in [0.2, 0.25) is 0 Å². The van der Waals surface area contributed by atoms with E-state index < -0.39 is 48.2 Å². The second-order valence-corrected chi connectivity index (χ2v) is 16.3. The fourth-order valence-corrected chi connectivity index (χ4v) is 9.14. The maximum Gasteiger partial charge on any atom is 0.407 e. The molecule has 274 valence electrons. The van der Waals surface area contributed by atoms with Crippen LogP contribution in [0.4, 0.5) is 4.79 Å². The number of amides is 1. The Morgan fingerprint density at radius 3 is 2.20 bits per heavy atom. The summed E-state index contributed by atoms with van der Waals surface area (Å²) in [6.07, 6.45) is -2.88. The first kappa shape index (κ1) is 39.0. The highest BCUT2D eigenvalue weighted by Crippen LogP contribution is 2.48. The number of carboxylic acid groups (broad SMARTS) is 1. The van der Waals surface area contributed by atoms with Crippen molar-refractivity contribution in [2.45, 2.75) is 69.9 Å². The number of sulfonamides is 1. The van der Waals surface area contributed by atoms with Gasteiger partial charge in [-0.2, -0.15) is 4.31 Å². The van der Waals surface area contributed by atoms with Crippen LogP contribution >= 0.6 is 7.60 Å². The minimum absolute atomic E-state index is 0.0248. The molecule has 2 N–H and O–H groups in total. The summed E-state index contributed by atoms with van der Waals surface area (Å²) in [6, 6.07) is 11.0. The summed E-state index contributed by atoms with van der Waals surface area (Å²) in [4.78, 5) is 14.2. The Bertz CT molecular complexity index is 1500. The van der Waals surface area contributed by atoms with E-state index >= 15 is 0 Å². The third-order valence-corrected chi connectivity index (χ3v) is 12.0. The van der Waals surface area contributed by atoms with Crippen molar-refractivity contribution in [3.8, 4) is 11.5 Å². The van der Waals surface area contributed by atoms with E-state index in [1.54, 1.807) is 50.2 Å². The fourth-order valence-electron chi connectivity index (χ4n) is 6.21. The predicted octanol–water partition coefficient (Wildman–Crippen LogP) is 4.66. The number of rotatable bonds is 19. The van der Waals surface area contributed by atoms with Crippen LogP contribution in [0.25, 0.3) is 0 Å². The molecule has 14 nitrogen and oxygen atoms in total. The van der Waals surface area contributed by atoms with Crippen molar-refractivity contribution in [2.75, 3.05) is 53.0 Å². The predicted molar refractivity (Wildman–Crippen MR) is 180 cm³/mol. The summed E-state index contributed by atoms with van der Waals surface area (Å²) in [6.45, 7) is 7.78. The summed E-state index contributed by atoms with van der Waals surface area (Å²) >= 11 is 0. The van der Waals surface area contributed by atoms with Crippen molar-refractivity contribution < 1.29 is 56.0 Å². The molecule has 0 spiro atoms. The molecule has 1 amide bonds. The topological polar surface area (TPSA) is 171 Å². The lowest BCUT2D eigenvalue weighted by Gasteiger charge is -2.39. The van der Waals surface area contributed by atoms with Crippen LogP contribution in [0.5, 0.6) is 11.5 Å². The molecule has 0 aromatic heterocycles. The van der Waals surface area contributed by atoms with Gasteiger partial charge in [0, 0.05) is 19.0 Å². The molecular formula is C33H49N2O12PS. The minimum Gasteiger partial charge on any atom is -0.497 e. The number of carbonyl (C=O) groups is 1.